The average Bonchev–Trinajstić information content (AvgIpc) is 3.07. The van der Waals surface area contributed by atoms with Crippen LogP contribution in [0.1, 0.15) is 30.6 Å². The quantitative estimate of drug-likeness (QED) is 0.855. The molecular formula is C13H17F2N5OS. The molecule has 2 heterocycles. The number of amides is 2. The number of anilines is 1. The maximum Gasteiger partial charge on any atom is 0.319 e. The molecule has 0 saturated carbocycles. The van der Waals surface area contributed by atoms with Crippen molar-refractivity contribution < 1.29 is 13.6 Å². The van der Waals surface area contributed by atoms with Crippen molar-refractivity contribution in [3.8, 4) is 0 Å². The zero-order chi connectivity index (χ0) is 16.1. The number of halogens is 2. The van der Waals surface area contributed by atoms with Crippen molar-refractivity contribution in [1.29, 1.82) is 0 Å². The van der Waals surface area contributed by atoms with Crippen LogP contribution in [0.25, 0.3) is 0 Å². The first kappa shape index (κ1) is 16.3. The average molecular weight is 329 g/mol. The highest BCUT2D eigenvalue weighted by atomic mass is 32.1. The van der Waals surface area contributed by atoms with Gasteiger partial charge in [0.15, 0.2) is 0 Å². The van der Waals surface area contributed by atoms with Gasteiger partial charge in [-0.3, -0.25) is 4.68 Å². The van der Waals surface area contributed by atoms with Crippen LogP contribution in [0.15, 0.2) is 17.8 Å². The lowest BCUT2D eigenvalue weighted by Gasteiger charge is -2.11. The third-order valence-electron chi connectivity index (χ3n) is 2.88. The molecule has 120 valence electrons. The summed E-state index contributed by atoms with van der Waals surface area (Å²) in [6.07, 6.45) is 1.05. The van der Waals surface area contributed by atoms with Crippen LogP contribution in [0.2, 0.25) is 0 Å². The molecule has 0 aliphatic rings. The highest BCUT2D eigenvalue weighted by molar-refractivity contribution is 7.09. The van der Waals surface area contributed by atoms with Gasteiger partial charge in [0.25, 0.3) is 6.43 Å². The fraction of sp³-hybridized carbons (Fsp3) is 0.462. The first-order valence-electron chi connectivity index (χ1n) is 6.80. The summed E-state index contributed by atoms with van der Waals surface area (Å²) in [6, 6.07) is -0.678. The summed E-state index contributed by atoms with van der Waals surface area (Å²) in [5.74, 6) is 0. The van der Waals surface area contributed by atoms with E-state index in [2.05, 4.69) is 20.7 Å². The number of nitrogens with zero attached hydrogens (tertiary/aromatic N) is 3. The van der Waals surface area contributed by atoms with E-state index in [1.807, 2.05) is 19.2 Å². The number of carbonyl (C=O) groups is 1. The third-order valence-corrected chi connectivity index (χ3v) is 3.89. The SMILES string of the molecule is CCc1nc([C@@H](C)NC(=O)Nc2cnn(CC(F)F)c2)cs1. The maximum atomic E-state index is 12.2. The molecule has 0 saturated heterocycles. The molecule has 2 N–H and O–H groups in total. The number of thiazole rings is 1. The van der Waals surface area contributed by atoms with Crippen molar-refractivity contribution in [1.82, 2.24) is 20.1 Å². The van der Waals surface area contributed by atoms with Crippen molar-refractivity contribution in [3.05, 3.63) is 28.5 Å². The van der Waals surface area contributed by atoms with Crippen molar-refractivity contribution >= 4 is 23.1 Å². The Bertz CT molecular complexity index is 627. The Morgan fingerprint density at radius 2 is 2.27 bits per heavy atom. The van der Waals surface area contributed by atoms with E-state index in [1.54, 1.807) is 11.3 Å². The molecule has 6 nitrogen and oxygen atoms in total. The van der Waals surface area contributed by atoms with Gasteiger partial charge in [0.2, 0.25) is 0 Å². The number of alkyl halides is 2. The molecule has 2 aromatic heterocycles. The fourth-order valence-corrected chi connectivity index (χ4v) is 2.63. The van der Waals surface area contributed by atoms with Gasteiger partial charge in [-0.2, -0.15) is 5.10 Å². The lowest BCUT2D eigenvalue weighted by atomic mass is 10.2. The molecule has 2 rings (SSSR count). The lowest BCUT2D eigenvalue weighted by molar-refractivity contribution is 0.122. The van der Waals surface area contributed by atoms with E-state index in [9.17, 15) is 13.6 Å². The van der Waals surface area contributed by atoms with Gasteiger partial charge < -0.3 is 10.6 Å². The molecule has 2 aromatic rings. The number of nitrogens with one attached hydrogen (secondary N) is 2. The van der Waals surface area contributed by atoms with Crippen molar-refractivity contribution in [2.45, 2.75) is 39.3 Å². The molecule has 1 atom stereocenters. The van der Waals surface area contributed by atoms with Crippen LogP contribution >= 0.6 is 11.3 Å². The molecule has 0 radical (unpaired) electrons. The fourth-order valence-electron chi connectivity index (χ4n) is 1.79. The summed E-state index contributed by atoms with van der Waals surface area (Å²) in [5, 5.41) is 12.0. The van der Waals surface area contributed by atoms with Crippen molar-refractivity contribution in [3.63, 3.8) is 0 Å². The largest absolute Gasteiger partial charge is 0.330 e. The Morgan fingerprint density at radius 1 is 1.50 bits per heavy atom. The van der Waals surface area contributed by atoms with Crippen LogP contribution in [-0.2, 0) is 13.0 Å². The molecular weight excluding hydrogens is 312 g/mol. The minimum absolute atomic E-state index is 0.243. The molecule has 0 fully saturated rings. The van der Waals surface area contributed by atoms with E-state index in [1.165, 1.54) is 12.4 Å². The maximum absolute atomic E-state index is 12.2. The van der Waals surface area contributed by atoms with Gasteiger partial charge in [-0.15, -0.1) is 11.3 Å². The second-order valence-corrected chi connectivity index (χ2v) is 5.62. The van der Waals surface area contributed by atoms with Crippen LogP contribution < -0.4 is 10.6 Å². The molecule has 0 unspecified atom stereocenters. The van der Waals surface area contributed by atoms with E-state index in [0.29, 0.717) is 5.69 Å². The van der Waals surface area contributed by atoms with E-state index in [4.69, 9.17) is 0 Å². The minimum atomic E-state index is -2.49. The molecule has 2 amide bonds. The number of aryl methyl sites for hydroxylation is 1. The number of aromatic nitrogens is 3. The summed E-state index contributed by atoms with van der Waals surface area (Å²) < 4.78 is 25.5. The Morgan fingerprint density at radius 3 is 2.91 bits per heavy atom. The van der Waals surface area contributed by atoms with E-state index in [-0.39, 0.29) is 6.04 Å². The highest BCUT2D eigenvalue weighted by Gasteiger charge is 2.13. The zero-order valence-corrected chi connectivity index (χ0v) is 13.0. The molecule has 0 aliphatic carbocycles. The normalized spacial score (nSPS) is 12.4. The number of urea groups is 1. The molecule has 22 heavy (non-hydrogen) atoms. The van der Waals surface area contributed by atoms with Crippen molar-refractivity contribution in [2.75, 3.05) is 5.32 Å². The number of hydrogen-bond donors (Lipinski definition) is 2. The Labute approximate surface area is 130 Å². The van der Waals surface area contributed by atoms with Crippen LogP contribution in [-0.4, -0.2) is 27.2 Å². The summed E-state index contributed by atoms with van der Waals surface area (Å²) in [6.45, 7) is 3.34. The second kappa shape index (κ2) is 7.30. The number of rotatable bonds is 6. The molecule has 9 heteroatoms. The van der Waals surface area contributed by atoms with Crippen LogP contribution in [0.3, 0.4) is 0 Å². The van der Waals surface area contributed by atoms with E-state index >= 15 is 0 Å². The lowest BCUT2D eigenvalue weighted by Crippen LogP contribution is -2.31. The minimum Gasteiger partial charge on any atom is -0.330 e. The first-order valence-corrected chi connectivity index (χ1v) is 7.68. The standard InChI is InChI=1S/C13H17F2N5OS/c1-3-12-19-10(7-22-12)8(2)17-13(21)18-9-4-16-20(5-9)6-11(14)15/h4-5,7-8,11H,3,6H2,1-2H3,(H2,17,18,21)/t8-/m1/s1. The van der Waals surface area contributed by atoms with Gasteiger partial charge in [-0.1, -0.05) is 6.92 Å². The topological polar surface area (TPSA) is 71.8 Å². The predicted molar refractivity (Wildman–Crippen MR) is 80.3 cm³/mol. The monoisotopic (exact) mass is 329 g/mol. The second-order valence-electron chi connectivity index (χ2n) is 4.68. The molecule has 0 bridgehead atoms. The van der Waals surface area contributed by atoms with Gasteiger partial charge in [-0.25, -0.2) is 18.6 Å². The number of carbonyl (C=O) groups excluding carboxylic acids is 1. The predicted octanol–water partition coefficient (Wildman–Crippen LogP) is 3.05. The molecule has 0 spiro atoms. The van der Waals surface area contributed by atoms with Crippen LogP contribution in [0, 0.1) is 0 Å². The van der Waals surface area contributed by atoms with Crippen LogP contribution in [0.5, 0.6) is 0 Å². The van der Waals surface area contributed by atoms with Crippen LogP contribution in [0.4, 0.5) is 19.3 Å². The molecule has 0 aliphatic heterocycles. The smallest absolute Gasteiger partial charge is 0.319 e. The van der Waals surface area contributed by atoms with Gasteiger partial charge >= 0.3 is 6.03 Å². The number of hydrogen-bond acceptors (Lipinski definition) is 4. The van der Waals surface area contributed by atoms with Gasteiger partial charge in [-0.05, 0) is 13.3 Å². The summed E-state index contributed by atoms with van der Waals surface area (Å²) in [5.41, 5.74) is 1.16. The Kier molecular flexibility index (Phi) is 5.42. The van der Waals surface area contributed by atoms with E-state index in [0.717, 1.165) is 21.8 Å². The van der Waals surface area contributed by atoms with Gasteiger partial charge in [0.1, 0.15) is 6.54 Å². The summed E-state index contributed by atoms with van der Waals surface area (Å²) >= 11 is 1.55. The first-order chi connectivity index (χ1) is 10.5. The molecule has 0 aromatic carbocycles. The van der Waals surface area contributed by atoms with Crippen molar-refractivity contribution in [2.24, 2.45) is 0 Å². The third kappa shape index (κ3) is 4.48. The summed E-state index contributed by atoms with van der Waals surface area (Å²) in [7, 11) is 0. The highest BCUT2D eigenvalue weighted by Crippen LogP contribution is 2.17. The van der Waals surface area contributed by atoms with Gasteiger partial charge in [0, 0.05) is 11.6 Å². The Balaban J connectivity index is 1.88. The van der Waals surface area contributed by atoms with Gasteiger partial charge in [0.05, 0.1) is 28.6 Å². The Hall–Kier alpha value is -2.03. The zero-order valence-electron chi connectivity index (χ0n) is 12.2. The summed E-state index contributed by atoms with van der Waals surface area (Å²) in [4.78, 5) is 16.3. The van der Waals surface area contributed by atoms with E-state index < -0.39 is 19.0 Å².